The Morgan fingerprint density at radius 2 is 1.66 bits per heavy atom. The molecule has 3 amide bonds. The number of amides is 3. The van der Waals surface area contributed by atoms with Crippen molar-refractivity contribution in [2.24, 2.45) is 28.6 Å². The van der Waals surface area contributed by atoms with Gasteiger partial charge in [-0.3, -0.25) is 33.6 Å². The number of aromatic amines is 1. The number of halogens is 2. The van der Waals surface area contributed by atoms with Gasteiger partial charge in [0.25, 0.3) is 0 Å². The first-order chi connectivity index (χ1) is 37.0. The van der Waals surface area contributed by atoms with Crippen LogP contribution in [0.1, 0.15) is 108 Å². The number of alkyl halides is 2. The van der Waals surface area contributed by atoms with Gasteiger partial charge in [-0.05, 0) is 93.0 Å². The van der Waals surface area contributed by atoms with Crippen LogP contribution in [-0.2, 0) is 71.9 Å². The number of ketones is 4. The molecule has 4 aliphatic carbocycles. The third-order valence-electron chi connectivity index (χ3n) is 16.8. The van der Waals surface area contributed by atoms with E-state index in [1.165, 1.54) is 43.4 Å². The standard InChI is InChI=1S/C56H67F2N5O11S.CO2.CH4/c1-30(18-45(67)43(22-37-27-59-29-61-37)63-49(70)15-17-60-51(72)32(3)75-6)50(71)62-31(2)44(66)21-35-9-7-8-34(20-35)19-33-10-12-36(13-11-33)52-73-48-25-39-40-24-42(57)41-23-38(65)14-16-53(41,4)55(40,58)46(68)26-54(39,5)56(48,74-52)47(69)28-64;2-1-3;/h7-14,16,20,23,27,29-32,39-40,42-43,46,48,52,64,68H,15,17-19,21-22,24-26,28H2,1-6H3,(H,59,61)(H,60,72)(H,62,71)(H,63,70);;1H4/t30-,31+,32?,39+,40+,42+,43+,46+,48-,52-,53+,54+,55+,56-;;/m1../s1. The van der Waals surface area contributed by atoms with Crippen molar-refractivity contribution >= 4 is 58.8 Å². The summed E-state index contributed by atoms with van der Waals surface area (Å²) < 4.78 is 47.0. The van der Waals surface area contributed by atoms with Gasteiger partial charge >= 0.3 is 6.15 Å². The van der Waals surface area contributed by atoms with Gasteiger partial charge in [-0.1, -0.05) is 75.9 Å². The first kappa shape index (κ1) is 61.9. The van der Waals surface area contributed by atoms with Crippen LogP contribution in [0.3, 0.4) is 0 Å². The second kappa shape index (κ2) is 25.4. The number of hydrogen-bond donors (Lipinski definition) is 6. The normalized spacial score (nSPS) is 29.6. The molecule has 21 heteroatoms. The molecule has 6 N–H and O–H groups in total. The maximum atomic E-state index is 17.8. The molecule has 1 aliphatic heterocycles. The second-order valence-electron chi connectivity index (χ2n) is 21.6. The summed E-state index contributed by atoms with van der Waals surface area (Å²) in [6, 6.07) is 13.0. The van der Waals surface area contributed by atoms with E-state index in [4.69, 9.17) is 19.1 Å². The Bertz CT molecular complexity index is 2860. The number of carbonyl (C=O) groups is 7. The van der Waals surface area contributed by atoms with Crippen molar-refractivity contribution < 1.29 is 71.6 Å². The van der Waals surface area contributed by atoms with Crippen LogP contribution in [-0.4, -0.2) is 134 Å². The van der Waals surface area contributed by atoms with E-state index in [2.05, 4.69) is 25.9 Å². The lowest BCUT2D eigenvalue weighted by Crippen LogP contribution is -2.70. The average Bonchev–Trinajstić information content (AvgIpc) is 3.73. The SMILES string of the molecule is C.CSC(C)C(=O)NCCC(=O)N[C@@H](Cc1cnc[nH]1)C(=O)C[C@@H](C)C(=O)N[C@@H](C)C(=O)Cc1cccc(Cc2ccc([C@@H]3O[C@@H]4C[C@H]5[C@@H]6C[C@H](F)C7=CC(=O)C=C[C@]7(C)[C@@]6(F)[C@@H](O)C[C@]5(C)[C@]4(C(=O)CO)O3)cc2)c1.O=C=O. The first-order valence-electron chi connectivity index (χ1n) is 26.0. The molecule has 0 spiro atoms. The first-order valence-corrected chi connectivity index (χ1v) is 27.3. The van der Waals surface area contributed by atoms with E-state index in [9.17, 15) is 43.8 Å². The number of aromatic nitrogens is 2. The zero-order chi connectivity index (χ0) is 56.9. The van der Waals surface area contributed by atoms with Gasteiger partial charge in [-0.2, -0.15) is 21.4 Å². The van der Waals surface area contributed by atoms with E-state index in [0.717, 1.165) is 22.8 Å². The van der Waals surface area contributed by atoms with Gasteiger partial charge in [0.2, 0.25) is 17.7 Å². The van der Waals surface area contributed by atoms with Gasteiger partial charge in [0, 0.05) is 72.3 Å². The molecule has 3 aromatic rings. The predicted octanol–water partition coefficient (Wildman–Crippen LogP) is 4.89. The maximum Gasteiger partial charge on any atom is 0.373 e. The number of imidazole rings is 1. The molecule has 0 bridgehead atoms. The third kappa shape index (κ3) is 12.2. The number of nitrogens with zero attached hydrogens (tertiary/aromatic N) is 1. The Kier molecular flexibility index (Phi) is 19.9. The summed E-state index contributed by atoms with van der Waals surface area (Å²) in [5.74, 6) is -5.44. The van der Waals surface area contributed by atoms with Crippen LogP contribution in [0.5, 0.6) is 0 Å². The minimum Gasteiger partial charge on any atom is -0.390 e. The molecule has 8 rings (SSSR count). The van der Waals surface area contributed by atoms with Gasteiger partial charge in [0.15, 0.2) is 40.7 Å². The van der Waals surface area contributed by atoms with E-state index in [1.54, 1.807) is 39.8 Å². The van der Waals surface area contributed by atoms with Crippen molar-refractivity contribution in [1.29, 1.82) is 0 Å². The molecule has 2 heterocycles. The molecule has 5 aliphatic rings. The Balaban J connectivity index is 0.00000246. The molecule has 2 aromatic carbocycles. The fraction of sp³-hybridized carbons (Fsp3) is 0.534. The number of carbonyl (C=O) groups excluding carboxylic acids is 9. The highest BCUT2D eigenvalue weighted by atomic mass is 32.2. The molecular weight excluding hydrogens is 1040 g/mol. The van der Waals surface area contributed by atoms with Crippen molar-refractivity contribution in [2.75, 3.05) is 19.4 Å². The number of Topliss-reactive ketones (excluding diaryl/α,β-unsaturated/α-hetero) is 3. The summed E-state index contributed by atoms with van der Waals surface area (Å²) in [5.41, 5.74) is -3.26. The van der Waals surface area contributed by atoms with Gasteiger partial charge < -0.3 is 40.6 Å². The smallest absolute Gasteiger partial charge is 0.373 e. The molecule has 4 fully saturated rings. The molecule has 3 saturated carbocycles. The van der Waals surface area contributed by atoms with Crippen LogP contribution in [0.2, 0.25) is 0 Å². The summed E-state index contributed by atoms with van der Waals surface area (Å²) in [4.78, 5) is 115. The predicted molar refractivity (Wildman–Crippen MR) is 285 cm³/mol. The molecule has 79 heavy (non-hydrogen) atoms. The lowest BCUT2D eigenvalue weighted by atomic mass is 9.44. The van der Waals surface area contributed by atoms with E-state index in [-0.39, 0.29) is 93.4 Å². The number of aliphatic hydroxyl groups is 2. The van der Waals surface area contributed by atoms with E-state index >= 15 is 8.78 Å². The largest absolute Gasteiger partial charge is 0.390 e. The van der Waals surface area contributed by atoms with Crippen LogP contribution in [0.15, 0.2) is 84.9 Å². The number of rotatable bonds is 21. The Morgan fingerprint density at radius 3 is 2.32 bits per heavy atom. The average molecular weight is 1120 g/mol. The Hall–Kier alpha value is -6.35. The highest BCUT2D eigenvalue weighted by Crippen LogP contribution is 2.72. The number of allylic oxidation sites excluding steroid dienone is 4. The van der Waals surface area contributed by atoms with Gasteiger partial charge in [0.1, 0.15) is 12.8 Å². The summed E-state index contributed by atoms with van der Waals surface area (Å²) in [6.45, 7) is 7.37. The molecular formula is C58H71F2N5O13S. The number of nitrogens with one attached hydrogen (secondary N) is 4. The van der Waals surface area contributed by atoms with Gasteiger partial charge in [-0.15, -0.1) is 0 Å². The topological polar surface area (TPSA) is 277 Å². The number of H-pyrrole nitrogens is 1. The van der Waals surface area contributed by atoms with Crippen molar-refractivity contribution in [3.8, 4) is 0 Å². The maximum absolute atomic E-state index is 17.8. The van der Waals surface area contributed by atoms with Gasteiger partial charge in [-0.25, -0.2) is 13.8 Å². The van der Waals surface area contributed by atoms with Gasteiger partial charge in [0.05, 0.1) is 35.9 Å². The van der Waals surface area contributed by atoms with E-state index in [1.807, 2.05) is 42.7 Å². The fourth-order valence-electron chi connectivity index (χ4n) is 12.6. The third-order valence-corrected chi connectivity index (χ3v) is 17.8. The number of aliphatic hydroxyl groups excluding tert-OH is 2. The summed E-state index contributed by atoms with van der Waals surface area (Å²) in [5, 5.41) is 30.1. The number of fused-ring (bicyclic) bond motifs is 7. The highest BCUT2D eigenvalue weighted by Gasteiger charge is 2.80. The summed E-state index contributed by atoms with van der Waals surface area (Å²) in [7, 11) is 0. The zero-order valence-electron chi connectivity index (χ0n) is 44.3. The molecule has 1 unspecified atom stereocenters. The van der Waals surface area contributed by atoms with Crippen molar-refractivity contribution in [3.05, 3.63) is 113 Å². The molecule has 426 valence electrons. The minimum absolute atomic E-state index is 0. The number of hydrogen-bond acceptors (Lipinski definition) is 15. The number of benzene rings is 2. The molecule has 1 saturated heterocycles. The molecule has 1 aromatic heterocycles. The second-order valence-corrected chi connectivity index (χ2v) is 22.8. The Morgan fingerprint density at radius 1 is 0.962 bits per heavy atom. The number of thioether (sulfide) groups is 1. The number of ether oxygens (including phenoxy) is 2. The van der Waals surface area contributed by atoms with E-state index < -0.39 is 107 Å². The van der Waals surface area contributed by atoms with Crippen LogP contribution in [0.25, 0.3) is 0 Å². The zero-order valence-corrected chi connectivity index (χ0v) is 45.2. The highest BCUT2D eigenvalue weighted by molar-refractivity contribution is 7.99. The van der Waals surface area contributed by atoms with Crippen LogP contribution in [0.4, 0.5) is 8.78 Å². The summed E-state index contributed by atoms with van der Waals surface area (Å²) >= 11 is 1.38. The van der Waals surface area contributed by atoms with Crippen LogP contribution in [0, 0.1) is 28.6 Å². The minimum atomic E-state index is -2.36. The van der Waals surface area contributed by atoms with Crippen molar-refractivity contribution in [1.82, 2.24) is 25.9 Å². The lowest BCUT2D eigenvalue weighted by molar-refractivity contribution is -0.235. The lowest BCUT2D eigenvalue weighted by Gasteiger charge is -2.63. The monoisotopic (exact) mass is 1120 g/mol. The quantitative estimate of drug-likeness (QED) is 0.0829. The van der Waals surface area contributed by atoms with Crippen molar-refractivity contribution in [3.63, 3.8) is 0 Å². The van der Waals surface area contributed by atoms with E-state index in [0.29, 0.717) is 17.7 Å². The Labute approximate surface area is 462 Å². The van der Waals surface area contributed by atoms with Crippen LogP contribution >= 0.6 is 11.8 Å². The van der Waals surface area contributed by atoms with Crippen molar-refractivity contribution in [2.45, 2.75) is 147 Å². The molecule has 18 nitrogen and oxygen atoms in total. The molecule has 14 atom stereocenters. The summed E-state index contributed by atoms with van der Waals surface area (Å²) in [6.07, 6.45) is 3.41. The van der Waals surface area contributed by atoms with Crippen LogP contribution < -0.4 is 16.0 Å². The fourth-order valence-corrected chi connectivity index (χ4v) is 12.9. The molecule has 0 radical (unpaired) electrons.